The predicted octanol–water partition coefficient (Wildman–Crippen LogP) is 2.08. The number of para-hydroxylation sites is 2. The van der Waals surface area contributed by atoms with Gasteiger partial charge in [0.2, 0.25) is 6.41 Å². The third-order valence-corrected chi connectivity index (χ3v) is 1.59. The summed E-state index contributed by atoms with van der Waals surface area (Å²) in [4.78, 5) is 10.3. The summed E-state index contributed by atoms with van der Waals surface area (Å²) in [6.07, 6.45) is 0.681. The standard InChI is InChI=1S/C10H14N2O/c1-8(2)12-10-6-4-3-5-9(10)11-7-13/h3-8,12H,1-2H3,(H,11,13). The molecule has 0 atom stereocenters. The van der Waals surface area contributed by atoms with Gasteiger partial charge in [-0.1, -0.05) is 12.1 Å². The maximum atomic E-state index is 10.3. The van der Waals surface area contributed by atoms with E-state index < -0.39 is 0 Å². The largest absolute Gasteiger partial charge is 0.381 e. The molecule has 0 saturated heterocycles. The number of hydrogen-bond donors (Lipinski definition) is 2. The molecule has 0 aliphatic rings. The first-order chi connectivity index (χ1) is 6.24. The first-order valence-electron chi connectivity index (χ1n) is 4.30. The van der Waals surface area contributed by atoms with Crippen molar-refractivity contribution in [1.82, 2.24) is 0 Å². The van der Waals surface area contributed by atoms with Gasteiger partial charge in [-0.05, 0) is 26.0 Å². The van der Waals surface area contributed by atoms with Crippen molar-refractivity contribution < 1.29 is 4.79 Å². The number of carbonyl (C=O) groups excluding carboxylic acids is 1. The van der Waals surface area contributed by atoms with E-state index in [1.807, 2.05) is 24.3 Å². The van der Waals surface area contributed by atoms with Gasteiger partial charge in [0.15, 0.2) is 0 Å². The summed E-state index contributed by atoms with van der Waals surface area (Å²) >= 11 is 0. The number of nitrogens with one attached hydrogen (secondary N) is 2. The van der Waals surface area contributed by atoms with E-state index in [-0.39, 0.29) is 0 Å². The predicted molar refractivity (Wildman–Crippen MR) is 54.9 cm³/mol. The van der Waals surface area contributed by atoms with Crippen LogP contribution in [0, 0.1) is 0 Å². The Kier molecular flexibility index (Phi) is 3.31. The number of amides is 1. The Balaban J connectivity index is 2.83. The monoisotopic (exact) mass is 178 g/mol. The zero-order valence-electron chi connectivity index (χ0n) is 7.87. The fraction of sp³-hybridized carbons (Fsp3) is 0.300. The summed E-state index contributed by atoms with van der Waals surface area (Å²) in [5, 5.41) is 5.88. The Hall–Kier alpha value is -1.51. The summed E-state index contributed by atoms with van der Waals surface area (Å²) in [6.45, 7) is 4.11. The quantitative estimate of drug-likeness (QED) is 0.693. The Morgan fingerprint density at radius 2 is 1.85 bits per heavy atom. The van der Waals surface area contributed by atoms with Gasteiger partial charge in [-0.25, -0.2) is 0 Å². The van der Waals surface area contributed by atoms with Gasteiger partial charge in [-0.15, -0.1) is 0 Å². The molecule has 1 aromatic rings. The van der Waals surface area contributed by atoms with Gasteiger partial charge in [-0.2, -0.15) is 0 Å². The molecule has 1 rings (SSSR count). The van der Waals surface area contributed by atoms with E-state index >= 15 is 0 Å². The molecule has 2 N–H and O–H groups in total. The number of rotatable bonds is 4. The average molecular weight is 178 g/mol. The number of benzene rings is 1. The summed E-state index contributed by atoms with van der Waals surface area (Å²) in [6, 6.07) is 7.97. The highest BCUT2D eigenvalue weighted by Gasteiger charge is 2.00. The van der Waals surface area contributed by atoms with Crippen LogP contribution in [0.25, 0.3) is 0 Å². The van der Waals surface area contributed by atoms with E-state index in [0.717, 1.165) is 11.4 Å². The number of carbonyl (C=O) groups is 1. The summed E-state index contributed by atoms with van der Waals surface area (Å²) in [5.41, 5.74) is 1.76. The van der Waals surface area contributed by atoms with E-state index in [9.17, 15) is 4.79 Å². The fourth-order valence-electron chi connectivity index (χ4n) is 1.11. The van der Waals surface area contributed by atoms with Crippen molar-refractivity contribution in [2.24, 2.45) is 0 Å². The molecule has 0 spiro atoms. The van der Waals surface area contributed by atoms with Gasteiger partial charge >= 0.3 is 0 Å². The lowest BCUT2D eigenvalue weighted by molar-refractivity contribution is -0.105. The van der Waals surface area contributed by atoms with Gasteiger partial charge in [0.25, 0.3) is 0 Å². The molecule has 1 amide bonds. The van der Waals surface area contributed by atoms with Gasteiger partial charge in [0.1, 0.15) is 0 Å². The molecule has 3 nitrogen and oxygen atoms in total. The third-order valence-electron chi connectivity index (χ3n) is 1.59. The van der Waals surface area contributed by atoms with Crippen LogP contribution in [0.1, 0.15) is 13.8 Å². The van der Waals surface area contributed by atoms with Crippen molar-refractivity contribution in [3.8, 4) is 0 Å². The maximum Gasteiger partial charge on any atom is 0.211 e. The van der Waals surface area contributed by atoms with Gasteiger partial charge in [0.05, 0.1) is 11.4 Å². The van der Waals surface area contributed by atoms with Crippen molar-refractivity contribution in [3.05, 3.63) is 24.3 Å². The Labute approximate surface area is 78.2 Å². The molecule has 0 radical (unpaired) electrons. The smallest absolute Gasteiger partial charge is 0.211 e. The highest BCUT2D eigenvalue weighted by molar-refractivity contribution is 5.80. The second kappa shape index (κ2) is 4.50. The molecule has 1 aromatic carbocycles. The summed E-state index contributed by atoms with van der Waals surface area (Å²) in [5.74, 6) is 0. The maximum absolute atomic E-state index is 10.3. The summed E-state index contributed by atoms with van der Waals surface area (Å²) < 4.78 is 0. The minimum absolute atomic E-state index is 0.356. The van der Waals surface area contributed by atoms with Crippen molar-refractivity contribution in [2.45, 2.75) is 19.9 Å². The second-order valence-corrected chi connectivity index (χ2v) is 3.11. The van der Waals surface area contributed by atoms with E-state index in [0.29, 0.717) is 12.5 Å². The van der Waals surface area contributed by atoms with Crippen LogP contribution in [-0.4, -0.2) is 12.5 Å². The molecule has 0 saturated carbocycles. The Bertz CT molecular complexity index is 284. The summed E-state index contributed by atoms with van der Waals surface area (Å²) in [7, 11) is 0. The van der Waals surface area contributed by atoms with Gasteiger partial charge in [0, 0.05) is 6.04 Å². The molecule has 0 bridgehead atoms. The Morgan fingerprint density at radius 1 is 1.23 bits per heavy atom. The van der Waals surface area contributed by atoms with Crippen LogP contribution in [0.2, 0.25) is 0 Å². The zero-order valence-corrected chi connectivity index (χ0v) is 7.87. The molecular weight excluding hydrogens is 164 g/mol. The minimum atomic E-state index is 0.356. The molecule has 13 heavy (non-hydrogen) atoms. The van der Waals surface area contributed by atoms with Crippen molar-refractivity contribution in [1.29, 1.82) is 0 Å². The topological polar surface area (TPSA) is 41.1 Å². The molecular formula is C10H14N2O. The van der Waals surface area contributed by atoms with E-state index in [2.05, 4.69) is 24.5 Å². The SMILES string of the molecule is CC(C)Nc1ccccc1NC=O. The zero-order chi connectivity index (χ0) is 9.68. The molecule has 3 heteroatoms. The first kappa shape index (κ1) is 9.58. The lowest BCUT2D eigenvalue weighted by atomic mass is 10.2. The van der Waals surface area contributed by atoms with Gasteiger partial charge in [-0.3, -0.25) is 4.79 Å². The van der Waals surface area contributed by atoms with Crippen LogP contribution < -0.4 is 10.6 Å². The van der Waals surface area contributed by atoms with Crippen LogP contribution in [0.15, 0.2) is 24.3 Å². The highest BCUT2D eigenvalue weighted by atomic mass is 16.1. The highest BCUT2D eigenvalue weighted by Crippen LogP contribution is 2.20. The molecule has 0 aliphatic heterocycles. The fourth-order valence-corrected chi connectivity index (χ4v) is 1.11. The number of hydrogen-bond acceptors (Lipinski definition) is 2. The first-order valence-corrected chi connectivity index (χ1v) is 4.30. The van der Waals surface area contributed by atoms with Crippen molar-refractivity contribution >= 4 is 17.8 Å². The van der Waals surface area contributed by atoms with Gasteiger partial charge < -0.3 is 10.6 Å². The van der Waals surface area contributed by atoms with Crippen LogP contribution in [-0.2, 0) is 4.79 Å². The van der Waals surface area contributed by atoms with Crippen molar-refractivity contribution in [3.63, 3.8) is 0 Å². The molecule has 0 heterocycles. The van der Waals surface area contributed by atoms with Crippen LogP contribution in [0.5, 0.6) is 0 Å². The molecule has 0 aromatic heterocycles. The van der Waals surface area contributed by atoms with E-state index in [4.69, 9.17) is 0 Å². The van der Waals surface area contributed by atoms with Crippen LogP contribution >= 0.6 is 0 Å². The second-order valence-electron chi connectivity index (χ2n) is 3.11. The lowest BCUT2D eigenvalue weighted by Gasteiger charge is -2.13. The van der Waals surface area contributed by atoms with E-state index in [1.165, 1.54) is 0 Å². The van der Waals surface area contributed by atoms with E-state index in [1.54, 1.807) is 0 Å². The van der Waals surface area contributed by atoms with Crippen molar-refractivity contribution in [2.75, 3.05) is 10.6 Å². The van der Waals surface area contributed by atoms with Crippen LogP contribution in [0.3, 0.4) is 0 Å². The molecule has 0 fully saturated rings. The molecule has 0 unspecified atom stereocenters. The molecule has 0 aliphatic carbocycles. The Morgan fingerprint density at radius 3 is 2.38 bits per heavy atom. The minimum Gasteiger partial charge on any atom is -0.381 e. The number of anilines is 2. The third kappa shape index (κ3) is 2.78. The molecule has 70 valence electrons. The normalized spacial score (nSPS) is 9.77. The lowest BCUT2D eigenvalue weighted by Crippen LogP contribution is -2.11. The van der Waals surface area contributed by atoms with Crippen LogP contribution in [0.4, 0.5) is 11.4 Å². The average Bonchev–Trinajstić information content (AvgIpc) is 2.08.